The summed E-state index contributed by atoms with van der Waals surface area (Å²) in [6.45, 7) is 3.84. The van der Waals surface area contributed by atoms with Crippen LogP contribution in [0.25, 0.3) is 0 Å². The summed E-state index contributed by atoms with van der Waals surface area (Å²) in [5.74, 6) is 0.0196. The van der Waals surface area contributed by atoms with Crippen LogP contribution in [0.3, 0.4) is 0 Å². The summed E-state index contributed by atoms with van der Waals surface area (Å²) >= 11 is 3.35. The van der Waals surface area contributed by atoms with Crippen LogP contribution in [0.2, 0.25) is 0 Å². The molecule has 0 aromatic rings. The summed E-state index contributed by atoms with van der Waals surface area (Å²) in [4.78, 5) is 21.4. The van der Waals surface area contributed by atoms with Crippen LogP contribution in [0.4, 0.5) is 0 Å². The van der Waals surface area contributed by atoms with Gasteiger partial charge in [-0.2, -0.15) is 0 Å². The third-order valence-corrected chi connectivity index (χ3v) is 2.92. The highest BCUT2D eigenvalue weighted by atomic mass is 79.9. The number of hydrogen-bond donors (Lipinski definition) is 0. The smallest absolute Gasteiger partial charge is 0.178 e. The minimum absolute atomic E-state index is 0.0196. The molecule has 0 unspecified atom stereocenters. The van der Waals surface area contributed by atoms with Crippen molar-refractivity contribution in [1.29, 1.82) is 0 Å². The zero-order valence-electron chi connectivity index (χ0n) is 9.12. The molecule has 0 aromatic carbocycles. The van der Waals surface area contributed by atoms with E-state index >= 15 is 0 Å². The van der Waals surface area contributed by atoms with E-state index in [0.29, 0.717) is 6.42 Å². The van der Waals surface area contributed by atoms with E-state index in [4.69, 9.17) is 0 Å². The molecule has 0 atom stereocenters. The van der Waals surface area contributed by atoms with Gasteiger partial charge in [-0.3, -0.25) is 4.79 Å². The number of aldehydes is 1. The van der Waals surface area contributed by atoms with Gasteiger partial charge in [0.2, 0.25) is 0 Å². The maximum absolute atomic E-state index is 11.1. The van der Waals surface area contributed by atoms with Crippen LogP contribution >= 0.6 is 15.9 Å². The van der Waals surface area contributed by atoms with Gasteiger partial charge in [0.05, 0.1) is 0 Å². The Morgan fingerprint density at radius 2 is 2.06 bits per heavy atom. The Bertz CT molecular complexity index is 337. The summed E-state index contributed by atoms with van der Waals surface area (Å²) in [7, 11) is 0. The second-order valence-electron chi connectivity index (χ2n) is 4.06. The number of halogens is 1. The maximum Gasteiger partial charge on any atom is 0.178 e. The second kappa shape index (κ2) is 5.94. The molecule has 0 fully saturated rings. The SMILES string of the molecule is C=C(Br)CC1(CCCC=O)C=CC(=O)C=C1. The first kappa shape index (κ1) is 13.1. The first-order valence-electron chi connectivity index (χ1n) is 5.27. The molecule has 1 rings (SSSR count). The average Bonchev–Trinajstić information content (AvgIpc) is 2.22. The average molecular weight is 283 g/mol. The quantitative estimate of drug-likeness (QED) is 0.553. The maximum atomic E-state index is 11.1. The van der Waals surface area contributed by atoms with E-state index in [1.54, 1.807) is 12.2 Å². The molecule has 1 aliphatic carbocycles. The molecule has 0 heterocycles. The third-order valence-electron chi connectivity index (χ3n) is 2.64. The van der Waals surface area contributed by atoms with Crippen LogP contribution in [0, 0.1) is 5.41 Å². The van der Waals surface area contributed by atoms with Crippen LogP contribution in [0.1, 0.15) is 25.7 Å². The van der Waals surface area contributed by atoms with Crippen molar-refractivity contribution in [3.63, 3.8) is 0 Å². The number of hydrogen-bond acceptors (Lipinski definition) is 2. The van der Waals surface area contributed by atoms with Crippen molar-refractivity contribution in [2.45, 2.75) is 25.7 Å². The molecule has 16 heavy (non-hydrogen) atoms. The molecule has 0 bridgehead atoms. The molecule has 0 aliphatic heterocycles. The van der Waals surface area contributed by atoms with Gasteiger partial charge in [0.15, 0.2) is 5.78 Å². The van der Waals surface area contributed by atoms with Gasteiger partial charge in [0.25, 0.3) is 0 Å². The first-order chi connectivity index (χ1) is 7.58. The van der Waals surface area contributed by atoms with E-state index < -0.39 is 0 Å². The van der Waals surface area contributed by atoms with Gasteiger partial charge in [0.1, 0.15) is 6.29 Å². The molecule has 1 aliphatic rings. The van der Waals surface area contributed by atoms with E-state index in [9.17, 15) is 9.59 Å². The van der Waals surface area contributed by atoms with Crippen LogP contribution in [-0.2, 0) is 9.59 Å². The zero-order valence-corrected chi connectivity index (χ0v) is 10.7. The van der Waals surface area contributed by atoms with E-state index in [-0.39, 0.29) is 11.2 Å². The van der Waals surface area contributed by atoms with Crippen LogP contribution in [-0.4, -0.2) is 12.1 Å². The normalized spacial score (nSPS) is 17.4. The van der Waals surface area contributed by atoms with E-state index in [1.165, 1.54) is 0 Å². The van der Waals surface area contributed by atoms with Gasteiger partial charge < -0.3 is 4.79 Å². The number of carbonyl (C=O) groups is 2. The van der Waals surface area contributed by atoms with E-state index in [1.807, 2.05) is 12.2 Å². The fourth-order valence-corrected chi connectivity index (χ4v) is 2.37. The Morgan fingerprint density at radius 3 is 2.56 bits per heavy atom. The van der Waals surface area contributed by atoms with Gasteiger partial charge in [-0.05, 0) is 35.9 Å². The minimum Gasteiger partial charge on any atom is -0.303 e. The van der Waals surface area contributed by atoms with Gasteiger partial charge in [0, 0.05) is 11.8 Å². The molecular weight excluding hydrogens is 268 g/mol. The lowest BCUT2D eigenvalue weighted by molar-refractivity contribution is -0.111. The van der Waals surface area contributed by atoms with Crippen LogP contribution in [0.5, 0.6) is 0 Å². The predicted octanol–water partition coefficient (Wildman–Crippen LogP) is 3.34. The van der Waals surface area contributed by atoms with Gasteiger partial charge in [-0.25, -0.2) is 0 Å². The first-order valence-corrected chi connectivity index (χ1v) is 6.07. The van der Waals surface area contributed by atoms with E-state index in [0.717, 1.165) is 30.0 Å². The molecule has 0 saturated carbocycles. The third kappa shape index (κ3) is 3.89. The Hall–Kier alpha value is -0.960. The van der Waals surface area contributed by atoms with Crippen molar-refractivity contribution >= 4 is 28.0 Å². The monoisotopic (exact) mass is 282 g/mol. The highest BCUT2D eigenvalue weighted by Crippen LogP contribution is 2.38. The zero-order chi connectivity index (χ0) is 12.0. The summed E-state index contributed by atoms with van der Waals surface area (Å²) in [5.41, 5.74) is -0.155. The lowest BCUT2D eigenvalue weighted by Gasteiger charge is -2.28. The van der Waals surface area contributed by atoms with Crippen molar-refractivity contribution in [2.75, 3.05) is 0 Å². The van der Waals surface area contributed by atoms with Crippen LogP contribution < -0.4 is 0 Å². The van der Waals surface area contributed by atoms with Crippen LogP contribution in [0.15, 0.2) is 35.4 Å². The Morgan fingerprint density at radius 1 is 1.44 bits per heavy atom. The summed E-state index contributed by atoms with van der Waals surface area (Å²) < 4.78 is 0.905. The minimum atomic E-state index is -0.155. The summed E-state index contributed by atoms with van der Waals surface area (Å²) in [6, 6.07) is 0. The molecule has 3 heteroatoms. The van der Waals surface area contributed by atoms with Crippen molar-refractivity contribution in [1.82, 2.24) is 0 Å². The molecule has 0 saturated heterocycles. The van der Waals surface area contributed by atoms with Crippen molar-refractivity contribution in [3.8, 4) is 0 Å². The molecule has 86 valence electrons. The standard InChI is InChI=1S/C13H15BrO2/c1-11(14)10-13(6-2-3-9-15)7-4-12(16)5-8-13/h4-5,7-9H,1-3,6,10H2. The fourth-order valence-electron chi connectivity index (χ4n) is 1.85. The largest absolute Gasteiger partial charge is 0.303 e. The molecular formula is C13H15BrO2. The Balaban J connectivity index is 2.73. The Labute approximate surface area is 104 Å². The number of allylic oxidation sites excluding steroid dienone is 5. The Kier molecular flexibility index (Phi) is 4.87. The highest BCUT2D eigenvalue weighted by Gasteiger charge is 2.26. The highest BCUT2D eigenvalue weighted by molar-refractivity contribution is 9.11. The number of carbonyl (C=O) groups excluding carboxylic acids is 2. The molecule has 0 aromatic heterocycles. The summed E-state index contributed by atoms with van der Waals surface area (Å²) in [5, 5.41) is 0. The fraction of sp³-hybridized carbons (Fsp3) is 0.385. The predicted molar refractivity (Wildman–Crippen MR) is 68.3 cm³/mol. The molecule has 2 nitrogen and oxygen atoms in total. The van der Waals surface area contributed by atoms with Gasteiger partial charge >= 0.3 is 0 Å². The van der Waals surface area contributed by atoms with E-state index in [2.05, 4.69) is 22.5 Å². The number of unbranched alkanes of at least 4 members (excludes halogenated alkanes) is 1. The molecule has 0 N–H and O–H groups in total. The number of rotatable bonds is 6. The topological polar surface area (TPSA) is 34.1 Å². The number of ketones is 1. The molecule has 0 amide bonds. The van der Waals surface area contributed by atoms with Crippen molar-refractivity contribution in [3.05, 3.63) is 35.4 Å². The van der Waals surface area contributed by atoms with Crippen molar-refractivity contribution < 1.29 is 9.59 Å². The second-order valence-corrected chi connectivity index (χ2v) is 5.18. The van der Waals surface area contributed by atoms with Gasteiger partial charge in [-0.15, -0.1) is 0 Å². The summed E-state index contributed by atoms with van der Waals surface area (Å²) in [6.07, 6.45) is 11.0. The van der Waals surface area contributed by atoms with Gasteiger partial charge in [-0.1, -0.05) is 34.7 Å². The van der Waals surface area contributed by atoms with Crippen molar-refractivity contribution in [2.24, 2.45) is 5.41 Å². The molecule has 0 radical (unpaired) electrons. The lowest BCUT2D eigenvalue weighted by Crippen LogP contribution is -2.18. The molecule has 0 spiro atoms. The lowest BCUT2D eigenvalue weighted by atomic mass is 9.77.